The van der Waals surface area contributed by atoms with Crippen molar-refractivity contribution in [3.63, 3.8) is 0 Å². The molecule has 3 aromatic heterocycles. The molecule has 2 saturated heterocycles. The number of amides is 2. The molecule has 12 heteroatoms. The summed E-state index contributed by atoms with van der Waals surface area (Å²) in [7, 11) is 2.07. The Morgan fingerprint density at radius 2 is 1.59 bits per heavy atom. The van der Waals surface area contributed by atoms with E-state index in [-0.39, 0.29) is 18.0 Å². The molecular weight excluding hydrogens is 622 g/mol. The second kappa shape index (κ2) is 13.1. The van der Waals surface area contributed by atoms with Crippen LogP contribution >= 0.6 is 0 Å². The number of hydrogen-bond donors (Lipinski definition) is 1. The van der Waals surface area contributed by atoms with Crippen molar-refractivity contribution in [1.29, 1.82) is 0 Å². The maximum Gasteiger partial charge on any atom is 0.419 e. The van der Waals surface area contributed by atoms with Crippen molar-refractivity contribution in [1.82, 2.24) is 29.1 Å². The van der Waals surface area contributed by atoms with Gasteiger partial charge in [0, 0.05) is 53.9 Å². The molecule has 1 aromatic carbocycles. The number of aryl methyl sites for hydroxylation is 1. The van der Waals surface area contributed by atoms with E-state index in [4.69, 9.17) is 14.6 Å². The third-order valence-electron chi connectivity index (χ3n) is 9.29. The van der Waals surface area contributed by atoms with Crippen LogP contribution in [0.15, 0.2) is 36.5 Å². The van der Waals surface area contributed by atoms with Gasteiger partial charge in [0.2, 0.25) is 0 Å². The normalized spacial score (nSPS) is 18.0. The number of hydrogen-bond acceptors (Lipinski definition) is 8. The van der Waals surface area contributed by atoms with Crippen molar-refractivity contribution in [2.75, 3.05) is 32.0 Å². The van der Waals surface area contributed by atoms with E-state index in [1.54, 1.807) is 27.8 Å². The molecule has 49 heavy (non-hydrogen) atoms. The van der Waals surface area contributed by atoms with Crippen LogP contribution in [0.25, 0.3) is 21.8 Å². The zero-order valence-electron chi connectivity index (χ0n) is 30.0. The average Bonchev–Trinajstić information content (AvgIpc) is 3.70. The summed E-state index contributed by atoms with van der Waals surface area (Å²) in [6.45, 7) is 16.1. The summed E-state index contributed by atoms with van der Waals surface area (Å²) in [4.78, 5) is 48.3. The Morgan fingerprint density at radius 1 is 0.898 bits per heavy atom. The first-order valence-electron chi connectivity index (χ1n) is 17.3. The quantitative estimate of drug-likeness (QED) is 0.237. The molecule has 0 bridgehead atoms. The standard InChI is InChI=1S/C37H49N7O5/c1-23-27-12-11-25(18-30(27)43(40-23)22-24-13-16-42(17-14-24)34(46)48-36(2,3)4)33(45)39-32-20-29-26(21-38-32)19-31(28-10-9-15-41(28)8)44(29)35(47)49-37(5,6)7/h11-12,18-21,24,28H,9-10,13-17,22H2,1-8H3,(H,38,39,45)/t28-/m1/s1. The second-order valence-electron chi connectivity index (χ2n) is 15.5. The largest absolute Gasteiger partial charge is 0.444 e. The molecular formula is C37H49N7O5. The molecule has 0 aliphatic carbocycles. The van der Waals surface area contributed by atoms with Gasteiger partial charge in [0.15, 0.2) is 0 Å². The highest BCUT2D eigenvalue weighted by molar-refractivity contribution is 6.06. The SMILES string of the molecule is Cc1nn(CC2CCN(C(=O)OC(C)(C)C)CC2)c2cc(C(=O)Nc3cc4c(cn3)cc([C@H]3CCCN3C)n4C(=O)OC(C)(C)C)ccc12. The highest BCUT2D eigenvalue weighted by atomic mass is 16.6. The number of carbonyl (C=O) groups is 3. The predicted octanol–water partition coefficient (Wildman–Crippen LogP) is 7.14. The fourth-order valence-corrected chi connectivity index (χ4v) is 6.91. The molecule has 2 aliphatic rings. The van der Waals surface area contributed by atoms with Crippen LogP contribution in [0.4, 0.5) is 15.4 Å². The molecule has 262 valence electrons. The number of nitrogens with zero attached hydrogens (tertiary/aromatic N) is 6. The fraction of sp³-hybridized carbons (Fsp3) is 0.541. The summed E-state index contributed by atoms with van der Waals surface area (Å²) in [5.41, 5.74) is 2.56. The number of ether oxygens (including phenoxy) is 2. The predicted molar refractivity (Wildman–Crippen MR) is 189 cm³/mol. The van der Waals surface area contributed by atoms with Crippen LogP contribution in [-0.4, -0.2) is 85.1 Å². The second-order valence-corrected chi connectivity index (χ2v) is 15.5. The maximum atomic E-state index is 13.6. The Labute approximate surface area is 287 Å². The van der Waals surface area contributed by atoms with Gasteiger partial charge in [-0.15, -0.1) is 0 Å². The van der Waals surface area contributed by atoms with Crippen molar-refractivity contribution < 1.29 is 23.9 Å². The van der Waals surface area contributed by atoms with Crippen LogP contribution in [0.2, 0.25) is 0 Å². The van der Waals surface area contributed by atoms with Gasteiger partial charge in [-0.2, -0.15) is 5.10 Å². The van der Waals surface area contributed by atoms with Crippen LogP contribution in [0, 0.1) is 12.8 Å². The van der Waals surface area contributed by atoms with E-state index in [1.807, 2.05) is 71.3 Å². The molecule has 6 rings (SSSR count). The van der Waals surface area contributed by atoms with E-state index >= 15 is 0 Å². The zero-order valence-corrected chi connectivity index (χ0v) is 30.0. The molecule has 0 saturated carbocycles. The van der Waals surface area contributed by atoms with Gasteiger partial charge >= 0.3 is 12.2 Å². The summed E-state index contributed by atoms with van der Waals surface area (Å²) in [5, 5.41) is 9.56. The van der Waals surface area contributed by atoms with Gasteiger partial charge in [-0.1, -0.05) is 6.07 Å². The third kappa shape index (κ3) is 7.59. The lowest BCUT2D eigenvalue weighted by Crippen LogP contribution is -2.42. The minimum absolute atomic E-state index is 0.0792. The number of carbonyl (C=O) groups excluding carboxylic acids is 3. The third-order valence-corrected chi connectivity index (χ3v) is 9.29. The molecule has 12 nitrogen and oxygen atoms in total. The van der Waals surface area contributed by atoms with Crippen LogP contribution in [0.5, 0.6) is 0 Å². The number of anilines is 1. The Morgan fingerprint density at radius 3 is 2.24 bits per heavy atom. The Kier molecular flexibility index (Phi) is 9.21. The number of piperidine rings is 1. The first-order valence-corrected chi connectivity index (χ1v) is 17.3. The molecule has 2 fully saturated rings. The van der Waals surface area contributed by atoms with Crippen molar-refractivity contribution in [3.05, 3.63) is 53.5 Å². The Hall–Kier alpha value is -4.45. The van der Waals surface area contributed by atoms with Crippen LogP contribution in [0.1, 0.15) is 95.0 Å². The van der Waals surface area contributed by atoms with Crippen LogP contribution in [-0.2, 0) is 16.0 Å². The number of fused-ring (bicyclic) bond motifs is 2. The summed E-state index contributed by atoms with van der Waals surface area (Å²) in [6.07, 6.45) is 4.65. The monoisotopic (exact) mass is 671 g/mol. The van der Waals surface area contributed by atoms with E-state index < -0.39 is 17.3 Å². The van der Waals surface area contributed by atoms with Crippen molar-refractivity contribution in [2.45, 2.75) is 97.9 Å². The molecule has 0 radical (unpaired) electrons. The van der Waals surface area contributed by atoms with Gasteiger partial charge in [-0.05, 0) is 112 Å². The number of likely N-dealkylation sites (tertiary alicyclic amines) is 2. The topological polar surface area (TPSA) is 124 Å². The number of benzene rings is 1. The van der Waals surface area contributed by atoms with Gasteiger partial charge in [-0.25, -0.2) is 19.1 Å². The summed E-state index contributed by atoms with van der Waals surface area (Å²) in [6, 6.07) is 9.43. The minimum Gasteiger partial charge on any atom is -0.444 e. The van der Waals surface area contributed by atoms with Crippen molar-refractivity contribution >= 4 is 45.7 Å². The molecule has 2 aliphatic heterocycles. The maximum absolute atomic E-state index is 13.6. The highest BCUT2D eigenvalue weighted by Crippen LogP contribution is 2.35. The molecule has 5 heterocycles. The van der Waals surface area contributed by atoms with Crippen LogP contribution in [0.3, 0.4) is 0 Å². The van der Waals surface area contributed by atoms with Crippen LogP contribution < -0.4 is 5.32 Å². The summed E-state index contributed by atoms with van der Waals surface area (Å²) < 4.78 is 15.0. The number of nitrogens with one attached hydrogen (secondary N) is 1. The van der Waals surface area contributed by atoms with E-state index in [1.165, 1.54) is 0 Å². The minimum atomic E-state index is -0.669. The lowest BCUT2D eigenvalue weighted by molar-refractivity contribution is 0.0177. The Balaban J connectivity index is 1.21. The number of pyridine rings is 1. The molecule has 1 N–H and O–H groups in total. The summed E-state index contributed by atoms with van der Waals surface area (Å²) in [5.74, 6) is 0.369. The molecule has 4 aromatic rings. The smallest absolute Gasteiger partial charge is 0.419 e. The molecule has 1 atom stereocenters. The van der Waals surface area contributed by atoms with E-state index in [2.05, 4.69) is 22.2 Å². The van der Waals surface area contributed by atoms with Crippen molar-refractivity contribution in [3.8, 4) is 0 Å². The number of aromatic nitrogens is 4. The van der Waals surface area contributed by atoms with Gasteiger partial charge in [0.05, 0.1) is 22.8 Å². The molecule has 0 unspecified atom stereocenters. The highest BCUT2D eigenvalue weighted by Gasteiger charge is 2.31. The lowest BCUT2D eigenvalue weighted by Gasteiger charge is -2.33. The molecule has 2 amide bonds. The van der Waals surface area contributed by atoms with Gasteiger partial charge in [0.1, 0.15) is 17.0 Å². The van der Waals surface area contributed by atoms with Gasteiger partial charge < -0.3 is 19.7 Å². The first kappa shape index (κ1) is 34.4. The zero-order chi connectivity index (χ0) is 35.2. The fourth-order valence-electron chi connectivity index (χ4n) is 6.91. The van der Waals surface area contributed by atoms with Gasteiger partial charge in [-0.3, -0.25) is 14.4 Å². The average molecular weight is 672 g/mol. The number of rotatable bonds is 5. The molecule has 0 spiro atoms. The van der Waals surface area contributed by atoms with E-state index in [0.717, 1.165) is 59.9 Å². The summed E-state index contributed by atoms with van der Waals surface area (Å²) >= 11 is 0. The van der Waals surface area contributed by atoms with E-state index in [9.17, 15) is 14.4 Å². The lowest BCUT2D eigenvalue weighted by atomic mass is 9.97. The van der Waals surface area contributed by atoms with Gasteiger partial charge in [0.25, 0.3) is 5.91 Å². The van der Waals surface area contributed by atoms with Crippen molar-refractivity contribution in [2.24, 2.45) is 5.92 Å². The first-order chi connectivity index (χ1) is 23.1. The Bertz CT molecular complexity index is 1890. The van der Waals surface area contributed by atoms with E-state index in [0.29, 0.717) is 42.5 Å².